The Balaban J connectivity index is 2.37. The molecule has 0 aliphatic heterocycles. The third kappa shape index (κ3) is 2.57. The molecule has 0 unspecified atom stereocenters. The average Bonchev–Trinajstić information content (AvgIpc) is 2.38. The largest absolute Gasteiger partial charge is 0.508 e. The van der Waals surface area contributed by atoms with Crippen molar-refractivity contribution in [2.45, 2.75) is 6.92 Å². The fourth-order valence-electron chi connectivity index (χ4n) is 1.91. The van der Waals surface area contributed by atoms with Crippen LogP contribution in [0.3, 0.4) is 0 Å². The number of benzene rings is 2. The summed E-state index contributed by atoms with van der Waals surface area (Å²) in [5, 5.41) is 9.15. The van der Waals surface area contributed by atoms with E-state index in [1.807, 2.05) is 25.1 Å². The van der Waals surface area contributed by atoms with Gasteiger partial charge in [0.2, 0.25) is 0 Å². The predicted octanol–water partition coefficient (Wildman–Crippen LogP) is 3.12. The molecule has 0 spiro atoms. The first kappa shape index (κ1) is 13.1. The van der Waals surface area contributed by atoms with Gasteiger partial charge in [-0.15, -0.1) is 0 Å². The van der Waals surface area contributed by atoms with Crippen LogP contribution in [0, 0.1) is 12.7 Å². The molecule has 0 heterocycles. The summed E-state index contributed by atoms with van der Waals surface area (Å²) >= 11 is 0. The summed E-state index contributed by atoms with van der Waals surface area (Å²) in [6, 6.07) is 10.9. The molecular weight excluding hydrogens is 245 g/mol. The third-order valence-corrected chi connectivity index (χ3v) is 2.96. The number of nitrogens with zero attached hydrogens (tertiary/aromatic N) is 1. The maximum absolute atomic E-state index is 13.7. The number of phenols is 1. The van der Waals surface area contributed by atoms with E-state index in [9.17, 15) is 9.18 Å². The highest BCUT2D eigenvalue weighted by atomic mass is 19.1. The molecule has 3 nitrogen and oxygen atoms in total. The van der Waals surface area contributed by atoms with E-state index in [0.717, 1.165) is 17.3 Å². The molecule has 0 saturated carbocycles. The molecule has 0 bridgehead atoms. The van der Waals surface area contributed by atoms with Crippen LogP contribution in [0.1, 0.15) is 15.9 Å². The summed E-state index contributed by atoms with van der Waals surface area (Å²) in [6.45, 7) is 1.88. The smallest absolute Gasteiger partial charge is 0.260 e. The van der Waals surface area contributed by atoms with E-state index in [2.05, 4.69) is 0 Å². The van der Waals surface area contributed by atoms with E-state index < -0.39 is 11.7 Å². The van der Waals surface area contributed by atoms with Crippen LogP contribution in [0.15, 0.2) is 42.5 Å². The molecule has 19 heavy (non-hydrogen) atoms. The highest BCUT2D eigenvalue weighted by molar-refractivity contribution is 6.06. The summed E-state index contributed by atoms with van der Waals surface area (Å²) < 4.78 is 13.7. The van der Waals surface area contributed by atoms with Gasteiger partial charge in [-0.25, -0.2) is 4.39 Å². The minimum atomic E-state index is -0.731. The summed E-state index contributed by atoms with van der Waals surface area (Å²) in [5.41, 5.74) is 1.58. The van der Waals surface area contributed by atoms with Gasteiger partial charge in [-0.05, 0) is 30.7 Å². The van der Waals surface area contributed by atoms with E-state index in [1.165, 1.54) is 17.0 Å². The number of hydrogen-bond acceptors (Lipinski definition) is 2. The number of hydrogen-bond donors (Lipinski definition) is 1. The maximum Gasteiger partial charge on any atom is 0.260 e. The van der Waals surface area contributed by atoms with Gasteiger partial charge in [0.05, 0.1) is 5.56 Å². The molecule has 2 aromatic rings. The van der Waals surface area contributed by atoms with Crippen molar-refractivity contribution in [2.24, 2.45) is 0 Å². The second kappa shape index (κ2) is 5.10. The van der Waals surface area contributed by atoms with Gasteiger partial charge >= 0.3 is 0 Å². The first-order chi connectivity index (χ1) is 9.00. The van der Waals surface area contributed by atoms with Crippen molar-refractivity contribution in [3.05, 3.63) is 59.4 Å². The number of anilines is 1. The lowest BCUT2D eigenvalue weighted by Crippen LogP contribution is -2.27. The van der Waals surface area contributed by atoms with Gasteiger partial charge < -0.3 is 10.0 Å². The minimum Gasteiger partial charge on any atom is -0.508 e. The molecule has 0 aliphatic carbocycles. The summed E-state index contributed by atoms with van der Waals surface area (Å²) in [5.74, 6) is -1.38. The van der Waals surface area contributed by atoms with E-state index in [0.29, 0.717) is 0 Å². The molecule has 0 fully saturated rings. The van der Waals surface area contributed by atoms with Crippen LogP contribution in [0.25, 0.3) is 0 Å². The molecule has 2 rings (SSSR count). The van der Waals surface area contributed by atoms with Gasteiger partial charge in [-0.3, -0.25) is 4.79 Å². The predicted molar refractivity (Wildman–Crippen MR) is 72.0 cm³/mol. The quantitative estimate of drug-likeness (QED) is 0.900. The van der Waals surface area contributed by atoms with Crippen LogP contribution in [-0.4, -0.2) is 18.1 Å². The third-order valence-electron chi connectivity index (χ3n) is 2.96. The average molecular weight is 259 g/mol. The van der Waals surface area contributed by atoms with Gasteiger partial charge in [0, 0.05) is 18.8 Å². The number of amides is 1. The van der Waals surface area contributed by atoms with Crippen LogP contribution in [0.4, 0.5) is 10.1 Å². The Bertz CT molecular complexity index is 625. The van der Waals surface area contributed by atoms with Gasteiger partial charge in [-0.2, -0.15) is 0 Å². The zero-order chi connectivity index (χ0) is 14.0. The molecular formula is C15H14FNO2. The van der Waals surface area contributed by atoms with Gasteiger partial charge in [0.25, 0.3) is 5.91 Å². The van der Waals surface area contributed by atoms with Gasteiger partial charge in [0.1, 0.15) is 11.6 Å². The minimum absolute atomic E-state index is 0.0662. The molecule has 2 aromatic carbocycles. The van der Waals surface area contributed by atoms with Crippen molar-refractivity contribution >= 4 is 11.6 Å². The highest BCUT2D eigenvalue weighted by Crippen LogP contribution is 2.22. The standard InChI is InChI=1S/C15H14FNO2/c1-10-5-3-4-6-14(10)17(2)15(19)12-8-7-11(18)9-13(12)16/h3-9,18H,1-2H3. The Labute approximate surface area is 110 Å². The van der Waals surface area contributed by atoms with Crippen molar-refractivity contribution in [2.75, 3.05) is 11.9 Å². The van der Waals surface area contributed by atoms with Crippen LogP contribution in [-0.2, 0) is 0 Å². The number of aryl methyl sites for hydroxylation is 1. The van der Waals surface area contributed by atoms with E-state index in [4.69, 9.17) is 5.11 Å². The van der Waals surface area contributed by atoms with E-state index in [1.54, 1.807) is 13.1 Å². The topological polar surface area (TPSA) is 40.5 Å². The van der Waals surface area contributed by atoms with Crippen molar-refractivity contribution in [1.82, 2.24) is 0 Å². The number of aromatic hydroxyl groups is 1. The fourth-order valence-corrected chi connectivity index (χ4v) is 1.91. The van der Waals surface area contributed by atoms with Crippen molar-refractivity contribution in [3.8, 4) is 5.75 Å². The molecule has 1 amide bonds. The Morgan fingerprint density at radius 2 is 1.89 bits per heavy atom. The maximum atomic E-state index is 13.7. The Kier molecular flexibility index (Phi) is 3.51. The van der Waals surface area contributed by atoms with Gasteiger partial charge in [0.15, 0.2) is 0 Å². The Hall–Kier alpha value is -2.36. The number of para-hydroxylation sites is 1. The summed E-state index contributed by atoms with van der Waals surface area (Å²) in [7, 11) is 1.59. The lowest BCUT2D eigenvalue weighted by atomic mass is 10.1. The Morgan fingerprint density at radius 1 is 1.21 bits per heavy atom. The van der Waals surface area contributed by atoms with Crippen LogP contribution < -0.4 is 4.90 Å². The van der Waals surface area contributed by atoms with Crippen molar-refractivity contribution < 1.29 is 14.3 Å². The fraction of sp³-hybridized carbons (Fsp3) is 0.133. The van der Waals surface area contributed by atoms with E-state index >= 15 is 0 Å². The molecule has 0 saturated heterocycles. The van der Waals surface area contributed by atoms with Crippen LogP contribution in [0.5, 0.6) is 5.75 Å². The number of rotatable bonds is 2. The van der Waals surface area contributed by atoms with Crippen molar-refractivity contribution in [1.29, 1.82) is 0 Å². The summed E-state index contributed by atoms with van der Waals surface area (Å²) in [6.07, 6.45) is 0. The first-order valence-electron chi connectivity index (χ1n) is 5.83. The lowest BCUT2D eigenvalue weighted by Gasteiger charge is -2.19. The van der Waals surface area contributed by atoms with Gasteiger partial charge in [-0.1, -0.05) is 18.2 Å². The lowest BCUT2D eigenvalue weighted by molar-refractivity contribution is 0.0989. The zero-order valence-electron chi connectivity index (χ0n) is 10.7. The molecule has 0 radical (unpaired) electrons. The molecule has 1 N–H and O–H groups in total. The number of carbonyl (C=O) groups excluding carboxylic acids is 1. The number of carbonyl (C=O) groups is 1. The molecule has 0 aliphatic rings. The van der Waals surface area contributed by atoms with Crippen LogP contribution >= 0.6 is 0 Å². The normalized spacial score (nSPS) is 10.3. The molecule has 0 atom stereocenters. The summed E-state index contributed by atoms with van der Waals surface area (Å²) in [4.78, 5) is 13.6. The van der Waals surface area contributed by atoms with Crippen molar-refractivity contribution in [3.63, 3.8) is 0 Å². The highest BCUT2D eigenvalue weighted by Gasteiger charge is 2.18. The zero-order valence-corrected chi connectivity index (χ0v) is 10.7. The molecule has 0 aromatic heterocycles. The van der Waals surface area contributed by atoms with E-state index in [-0.39, 0.29) is 11.3 Å². The first-order valence-corrected chi connectivity index (χ1v) is 5.83. The second-order valence-corrected chi connectivity index (χ2v) is 4.31. The second-order valence-electron chi connectivity index (χ2n) is 4.31. The molecule has 4 heteroatoms. The number of halogens is 1. The SMILES string of the molecule is Cc1ccccc1N(C)C(=O)c1ccc(O)cc1F. The Morgan fingerprint density at radius 3 is 2.53 bits per heavy atom. The molecule has 98 valence electrons. The number of phenolic OH excluding ortho intramolecular Hbond substituents is 1. The monoisotopic (exact) mass is 259 g/mol. The van der Waals surface area contributed by atoms with Crippen LogP contribution in [0.2, 0.25) is 0 Å².